The number of morpholine rings is 1. The van der Waals surface area contributed by atoms with Crippen molar-refractivity contribution in [2.24, 2.45) is 0 Å². The molecule has 1 saturated carbocycles. The molecule has 2 aromatic carbocycles. The first-order valence-corrected chi connectivity index (χ1v) is 13.1. The first-order valence-electron chi connectivity index (χ1n) is 12.7. The van der Waals surface area contributed by atoms with Crippen molar-refractivity contribution in [1.82, 2.24) is 19.9 Å². The Hall–Kier alpha value is -3.66. The fourth-order valence-electron chi connectivity index (χ4n) is 4.83. The van der Waals surface area contributed by atoms with Gasteiger partial charge in [0.1, 0.15) is 11.9 Å². The maximum Gasteiger partial charge on any atom is 0.229 e. The lowest BCUT2D eigenvalue weighted by molar-refractivity contribution is -0.0378. The van der Waals surface area contributed by atoms with E-state index in [0.29, 0.717) is 28.6 Å². The number of halogens is 1. The van der Waals surface area contributed by atoms with Crippen molar-refractivity contribution in [2.45, 2.75) is 25.0 Å². The monoisotopic (exact) mass is 532 g/mol. The van der Waals surface area contributed by atoms with Gasteiger partial charge in [0, 0.05) is 60.3 Å². The maximum absolute atomic E-state index is 6.26. The molecule has 9 nitrogen and oxygen atoms in total. The minimum absolute atomic E-state index is 0.197. The van der Waals surface area contributed by atoms with Gasteiger partial charge in [-0.05, 0) is 42.5 Å². The van der Waals surface area contributed by atoms with Crippen molar-refractivity contribution < 1.29 is 14.2 Å². The van der Waals surface area contributed by atoms with Crippen LogP contribution in [-0.2, 0) is 4.74 Å². The Morgan fingerprint density at radius 3 is 2.66 bits per heavy atom. The number of nitrogens with zero attached hydrogens (tertiary/aromatic N) is 4. The van der Waals surface area contributed by atoms with Crippen LogP contribution in [0.2, 0.25) is 5.02 Å². The molecule has 0 radical (unpaired) electrons. The molecule has 0 amide bonds. The van der Waals surface area contributed by atoms with Gasteiger partial charge >= 0.3 is 0 Å². The summed E-state index contributed by atoms with van der Waals surface area (Å²) >= 11 is 6.13. The minimum Gasteiger partial charge on any atom is -0.493 e. The first kappa shape index (κ1) is 24.7. The fourth-order valence-corrected chi connectivity index (χ4v) is 5.01. The van der Waals surface area contributed by atoms with E-state index in [-0.39, 0.29) is 6.10 Å². The number of ether oxygens (including phenoxy) is 3. The Labute approximate surface area is 226 Å². The van der Waals surface area contributed by atoms with Crippen LogP contribution in [0.1, 0.15) is 12.8 Å². The highest BCUT2D eigenvalue weighted by Crippen LogP contribution is 2.36. The molecule has 0 unspecified atom stereocenters. The molecule has 10 heteroatoms. The number of benzene rings is 2. The number of hydrogen-bond acceptors (Lipinski definition) is 9. The topological polar surface area (TPSA) is 93.7 Å². The molecule has 4 aromatic rings. The number of methoxy groups -OCH3 is 1. The molecule has 3 heterocycles. The Kier molecular flexibility index (Phi) is 7.13. The predicted molar refractivity (Wildman–Crippen MR) is 148 cm³/mol. The van der Waals surface area contributed by atoms with Crippen LogP contribution in [0.5, 0.6) is 11.5 Å². The molecule has 0 bridgehead atoms. The predicted octanol–water partition coefficient (Wildman–Crippen LogP) is 5.42. The quantitative estimate of drug-likeness (QED) is 0.308. The second-order valence-electron chi connectivity index (χ2n) is 9.46. The summed E-state index contributed by atoms with van der Waals surface area (Å²) in [7, 11) is 1.65. The maximum atomic E-state index is 6.26. The van der Waals surface area contributed by atoms with Gasteiger partial charge < -0.3 is 24.8 Å². The SMILES string of the molecule is COc1cc(Nc2nccc(Nc3cnc4ccc(Cl)cc4c3)n2)ccc1OC1CC(N2CCOCC2)C1. The van der Waals surface area contributed by atoms with E-state index in [1.807, 2.05) is 42.5 Å². The molecule has 1 saturated heterocycles. The summed E-state index contributed by atoms with van der Waals surface area (Å²) in [5, 5.41) is 8.15. The number of nitrogens with one attached hydrogen (secondary N) is 2. The van der Waals surface area contributed by atoms with Crippen molar-refractivity contribution in [3.8, 4) is 11.5 Å². The summed E-state index contributed by atoms with van der Waals surface area (Å²) in [6, 6.07) is 15.7. The standard InChI is InChI=1S/C28H29ClN6O3/c1-36-26-14-20(3-5-25(26)38-23-15-22(16-23)35-8-10-37-11-9-35)33-28-30-7-6-27(34-28)32-21-13-18-12-19(29)2-4-24(18)31-17-21/h2-7,12-14,17,22-23H,8-11,15-16H2,1H3,(H2,30,32,33,34). The molecule has 0 atom stereocenters. The van der Waals surface area contributed by atoms with Crippen LogP contribution < -0.4 is 20.1 Å². The van der Waals surface area contributed by atoms with E-state index in [0.717, 1.165) is 67.2 Å². The third-order valence-electron chi connectivity index (χ3n) is 6.92. The third kappa shape index (κ3) is 5.60. The molecule has 6 rings (SSSR count). The number of aromatic nitrogens is 3. The van der Waals surface area contributed by atoms with Gasteiger partial charge in [-0.25, -0.2) is 4.98 Å². The second-order valence-corrected chi connectivity index (χ2v) is 9.89. The number of hydrogen-bond donors (Lipinski definition) is 2. The van der Waals surface area contributed by atoms with Crippen molar-refractivity contribution in [3.63, 3.8) is 0 Å². The highest BCUT2D eigenvalue weighted by molar-refractivity contribution is 6.31. The van der Waals surface area contributed by atoms with Gasteiger partial charge in [0.15, 0.2) is 11.5 Å². The molecule has 1 aliphatic heterocycles. The lowest BCUT2D eigenvalue weighted by atomic mass is 9.87. The van der Waals surface area contributed by atoms with Crippen molar-refractivity contribution >= 4 is 45.6 Å². The Balaban J connectivity index is 1.09. The normalized spacial score (nSPS) is 19.5. The van der Waals surface area contributed by atoms with Gasteiger partial charge in [-0.2, -0.15) is 4.98 Å². The lowest BCUT2D eigenvalue weighted by Gasteiger charge is -2.44. The number of rotatable bonds is 8. The molecule has 1 aliphatic carbocycles. The Morgan fingerprint density at radius 2 is 1.82 bits per heavy atom. The first-order chi connectivity index (χ1) is 18.6. The number of anilines is 4. The van der Waals surface area contributed by atoms with E-state index < -0.39 is 0 Å². The van der Waals surface area contributed by atoms with Crippen LogP contribution in [-0.4, -0.2) is 65.4 Å². The van der Waals surface area contributed by atoms with E-state index in [4.69, 9.17) is 25.8 Å². The van der Waals surface area contributed by atoms with E-state index in [2.05, 4.69) is 30.5 Å². The van der Waals surface area contributed by atoms with Gasteiger partial charge in [-0.15, -0.1) is 0 Å². The fraction of sp³-hybridized carbons (Fsp3) is 0.321. The second kappa shape index (κ2) is 11.0. The molecular weight excluding hydrogens is 504 g/mol. The zero-order chi connectivity index (χ0) is 25.9. The molecule has 2 aromatic heterocycles. The van der Waals surface area contributed by atoms with Crippen LogP contribution in [0.15, 0.2) is 60.9 Å². The van der Waals surface area contributed by atoms with Gasteiger partial charge in [0.2, 0.25) is 5.95 Å². The van der Waals surface area contributed by atoms with Gasteiger partial charge in [-0.3, -0.25) is 9.88 Å². The molecular formula is C28H29ClN6O3. The number of fused-ring (bicyclic) bond motifs is 1. The van der Waals surface area contributed by atoms with Gasteiger partial charge in [0.25, 0.3) is 0 Å². The summed E-state index contributed by atoms with van der Waals surface area (Å²) in [6.07, 6.45) is 5.70. The minimum atomic E-state index is 0.197. The van der Waals surface area contributed by atoms with E-state index in [9.17, 15) is 0 Å². The van der Waals surface area contributed by atoms with Crippen LogP contribution in [0.3, 0.4) is 0 Å². The largest absolute Gasteiger partial charge is 0.493 e. The average molecular weight is 533 g/mol. The van der Waals surface area contributed by atoms with E-state index in [1.165, 1.54) is 0 Å². The number of pyridine rings is 1. The Morgan fingerprint density at radius 1 is 0.947 bits per heavy atom. The summed E-state index contributed by atoms with van der Waals surface area (Å²) in [4.78, 5) is 15.9. The van der Waals surface area contributed by atoms with Gasteiger partial charge in [-0.1, -0.05) is 11.6 Å². The lowest BCUT2D eigenvalue weighted by Crippen LogP contribution is -2.52. The van der Waals surface area contributed by atoms with Crippen LogP contribution >= 0.6 is 11.6 Å². The van der Waals surface area contributed by atoms with Crippen LogP contribution in [0.25, 0.3) is 10.9 Å². The van der Waals surface area contributed by atoms with E-state index >= 15 is 0 Å². The van der Waals surface area contributed by atoms with Crippen molar-refractivity contribution in [3.05, 3.63) is 65.9 Å². The van der Waals surface area contributed by atoms with Crippen molar-refractivity contribution in [2.75, 3.05) is 44.0 Å². The molecule has 2 fully saturated rings. The summed E-state index contributed by atoms with van der Waals surface area (Å²) < 4.78 is 17.3. The Bertz CT molecular complexity index is 1430. The van der Waals surface area contributed by atoms with E-state index in [1.54, 1.807) is 25.6 Å². The summed E-state index contributed by atoms with van der Waals surface area (Å²) in [5.41, 5.74) is 2.48. The molecule has 2 N–H and O–H groups in total. The zero-order valence-electron chi connectivity index (χ0n) is 21.1. The third-order valence-corrected chi connectivity index (χ3v) is 7.15. The van der Waals surface area contributed by atoms with Crippen LogP contribution in [0.4, 0.5) is 23.1 Å². The van der Waals surface area contributed by atoms with Crippen molar-refractivity contribution in [1.29, 1.82) is 0 Å². The molecule has 2 aliphatic rings. The molecule has 0 spiro atoms. The zero-order valence-corrected chi connectivity index (χ0v) is 21.8. The summed E-state index contributed by atoms with van der Waals surface area (Å²) in [6.45, 7) is 3.66. The molecule has 38 heavy (non-hydrogen) atoms. The van der Waals surface area contributed by atoms with Crippen LogP contribution in [0, 0.1) is 0 Å². The molecule has 196 valence electrons. The smallest absolute Gasteiger partial charge is 0.229 e. The van der Waals surface area contributed by atoms with Gasteiger partial charge in [0.05, 0.1) is 37.7 Å². The highest BCUT2D eigenvalue weighted by atomic mass is 35.5. The summed E-state index contributed by atoms with van der Waals surface area (Å²) in [5.74, 6) is 2.50. The average Bonchev–Trinajstić information content (AvgIpc) is 2.91. The highest BCUT2D eigenvalue weighted by Gasteiger charge is 2.36.